The van der Waals surface area contributed by atoms with E-state index >= 15 is 0 Å². The fourth-order valence-electron chi connectivity index (χ4n) is 13.9. The van der Waals surface area contributed by atoms with Crippen LogP contribution in [0.5, 0.6) is 0 Å². The summed E-state index contributed by atoms with van der Waals surface area (Å²) in [6.07, 6.45) is 7.27. The largest absolute Gasteiger partial charge is 0.333 e. The molecule has 2 unspecified atom stereocenters. The van der Waals surface area contributed by atoms with Crippen molar-refractivity contribution in [1.29, 1.82) is 0 Å². The van der Waals surface area contributed by atoms with Crippen LogP contribution < -0.4 is 0 Å². The van der Waals surface area contributed by atoms with E-state index in [1.807, 2.05) is 0 Å². The molecule has 0 spiro atoms. The second-order valence-electron chi connectivity index (χ2n) is 22.5. The van der Waals surface area contributed by atoms with Gasteiger partial charge in [0.15, 0.2) is 0 Å². The van der Waals surface area contributed by atoms with Crippen LogP contribution in [-0.2, 0) is 0 Å². The van der Waals surface area contributed by atoms with E-state index in [1.54, 1.807) is 0 Å². The zero-order valence-corrected chi connectivity index (χ0v) is 45.7. The van der Waals surface area contributed by atoms with Crippen LogP contribution >= 0.6 is 0 Å². The van der Waals surface area contributed by atoms with Gasteiger partial charge < -0.3 is 18.3 Å². The van der Waals surface area contributed by atoms with Gasteiger partial charge in [-0.1, -0.05) is 213 Å². The first-order valence-corrected chi connectivity index (χ1v) is 28.9. The Bertz CT molecular complexity index is 5280. The van der Waals surface area contributed by atoms with Crippen molar-refractivity contribution in [1.82, 2.24) is 18.3 Å². The number of hydrogen-bond acceptors (Lipinski definition) is 0. The first-order valence-electron chi connectivity index (χ1n) is 28.9. The lowest BCUT2D eigenvalue weighted by molar-refractivity contribution is 0.512. The Hall–Kier alpha value is -10.7. The number of aromatic nitrogens is 4. The molecule has 0 aliphatic heterocycles. The van der Waals surface area contributed by atoms with Crippen LogP contribution in [0.25, 0.3) is 143 Å². The van der Waals surface area contributed by atoms with Crippen molar-refractivity contribution >= 4 is 92.8 Å². The van der Waals surface area contributed by atoms with Crippen LogP contribution in [0.2, 0.25) is 0 Å². The lowest BCUT2D eigenvalue weighted by atomic mass is 9.89. The molecule has 0 radical (unpaired) electrons. The quantitative estimate of drug-likeness (QED) is 0.145. The molecule has 2 atom stereocenters. The summed E-state index contributed by atoms with van der Waals surface area (Å²) in [6, 6.07) is 103. The van der Waals surface area contributed by atoms with Crippen LogP contribution in [0.3, 0.4) is 0 Å². The number of allylic oxidation sites excluding steroid dienone is 4. The Morgan fingerprint density at radius 2 is 0.614 bits per heavy atom. The van der Waals surface area contributed by atoms with Gasteiger partial charge in [0.2, 0.25) is 0 Å². The minimum Gasteiger partial charge on any atom is -0.333 e. The Morgan fingerprint density at radius 1 is 0.253 bits per heavy atom. The predicted molar refractivity (Wildman–Crippen MR) is 351 cm³/mol. The fourth-order valence-corrected chi connectivity index (χ4v) is 13.9. The SMILES string of the molecule is CC1C=C(c2ccc(-c3ccc4c(c3)c3cc5c6ccccc6n(-c6ccc(-c7ccccc7)cc6)c5cc3n4-c3ccccc3)cc2)C=CC1n1c2ccccc2c2cc3c4ccccc4n(-c4ccc(-c5ccccc5)cc4)c3cc21. The molecule has 12 aromatic carbocycles. The minimum atomic E-state index is 0.120. The second-order valence-corrected chi connectivity index (χ2v) is 22.5. The van der Waals surface area contributed by atoms with Gasteiger partial charge >= 0.3 is 0 Å². The van der Waals surface area contributed by atoms with Crippen molar-refractivity contribution in [3.63, 3.8) is 0 Å². The summed E-state index contributed by atoms with van der Waals surface area (Å²) in [5.41, 5.74) is 22.8. The maximum Gasteiger partial charge on any atom is 0.0586 e. The maximum atomic E-state index is 2.60. The molecule has 1 aliphatic carbocycles. The first kappa shape index (κ1) is 47.2. The topological polar surface area (TPSA) is 19.7 Å². The van der Waals surface area contributed by atoms with Gasteiger partial charge in [-0.15, -0.1) is 0 Å². The minimum absolute atomic E-state index is 0.120. The second kappa shape index (κ2) is 18.7. The molecule has 4 nitrogen and oxygen atoms in total. The van der Waals surface area contributed by atoms with Gasteiger partial charge in [0.25, 0.3) is 0 Å². The molecule has 4 heteroatoms. The molecule has 0 amide bonds. The van der Waals surface area contributed by atoms with E-state index in [0.29, 0.717) is 0 Å². The van der Waals surface area contributed by atoms with E-state index in [0.717, 1.165) is 17.1 Å². The Kier molecular flexibility index (Phi) is 10.6. The van der Waals surface area contributed by atoms with Gasteiger partial charge in [0.1, 0.15) is 0 Å². The zero-order valence-electron chi connectivity index (χ0n) is 45.7. The molecule has 16 aromatic rings. The molecule has 0 fully saturated rings. The molecular formula is C79H54N4. The summed E-state index contributed by atoms with van der Waals surface area (Å²) in [6.45, 7) is 2.38. The smallest absolute Gasteiger partial charge is 0.0586 e. The molecule has 17 rings (SSSR count). The summed E-state index contributed by atoms with van der Waals surface area (Å²) < 4.78 is 9.93. The lowest BCUT2D eigenvalue weighted by Gasteiger charge is -2.27. The van der Waals surface area contributed by atoms with Crippen molar-refractivity contribution < 1.29 is 0 Å². The molecule has 1 aliphatic rings. The molecule has 4 heterocycles. The summed E-state index contributed by atoms with van der Waals surface area (Å²) in [5, 5.41) is 10.1. The zero-order chi connectivity index (χ0) is 54.7. The molecule has 83 heavy (non-hydrogen) atoms. The molecule has 390 valence electrons. The first-order chi connectivity index (χ1) is 41.1. The van der Waals surface area contributed by atoms with E-state index in [1.165, 1.54) is 132 Å². The van der Waals surface area contributed by atoms with Gasteiger partial charge in [-0.25, -0.2) is 0 Å². The van der Waals surface area contributed by atoms with Crippen LogP contribution in [0.1, 0.15) is 18.5 Å². The van der Waals surface area contributed by atoms with Crippen LogP contribution in [0.15, 0.2) is 297 Å². The van der Waals surface area contributed by atoms with Gasteiger partial charge in [0.05, 0.1) is 44.7 Å². The average molecular weight is 1060 g/mol. The number of fused-ring (bicyclic) bond motifs is 12. The highest BCUT2D eigenvalue weighted by atomic mass is 15.0. The Balaban J connectivity index is 0.727. The number of benzene rings is 12. The molecule has 4 aromatic heterocycles. The fraction of sp³-hybridized carbons (Fsp3) is 0.0380. The van der Waals surface area contributed by atoms with Crippen molar-refractivity contribution in [2.24, 2.45) is 5.92 Å². The molecule has 0 saturated heterocycles. The molecule has 0 bridgehead atoms. The third kappa shape index (κ3) is 7.46. The van der Waals surface area contributed by atoms with E-state index in [2.05, 4.69) is 322 Å². The number of nitrogens with zero attached hydrogens (tertiary/aromatic N) is 4. The van der Waals surface area contributed by atoms with Crippen LogP contribution in [0.4, 0.5) is 0 Å². The van der Waals surface area contributed by atoms with Crippen molar-refractivity contribution in [3.05, 3.63) is 303 Å². The summed E-state index contributed by atoms with van der Waals surface area (Å²) >= 11 is 0. The number of rotatable bonds is 8. The van der Waals surface area contributed by atoms with Crippen LogP contribution in [-0.4, -0.2) is 18.3 Å². The van der Waals surface area contributed by atoms with E-state index in [-0.39, 0.29) is 12.0 Å². The summed E-state index contributed by atoms with van der Waals surface area (Å²) in [4.78, 5) is 0. The molecule has 0 N–H and O–H groups in total. The van der Waals surface area contributed by atoms with Gasteiger partial charge in [-0.3, -0.25) is 0 Å². The lowest BCUT2D eigenvalue weighted by Crippen LogP contribution is -2.16. The highest BCUT2D eigenvalue weighted by Gasteiger charge is 2.26. The summed E-state index contributed by atoms with van der Waals surface area (Å²) in [5.74, 6) is 0.228. The Morgan fingerprint density at radius 3 is 1.16 bits per heavy atom. The van der Waals surface area contributed by atoms with Crippen LogP contribution in [0, 0.1) is 5.92 Å². The summed E-state index contributed by atoms with van der Waals surface area (Å²) in [7, 11) is 0. The highest BCUT2D eigenvalue weighted by Crippen LogP contribution is 2.45. The number of para-hydroxylation sites is 4. The maximum absolute atomic E-state index is 2.60. The van der Waals surface area contributed by atoms with Crippen molar-refractivity contribution in [2.45, 2.75) is 13.0 Å². The predicted octanol–water partition coefficient (Wildman–Crippen LogP) is 20.9. The van der Waals surface area contributed by atoms with Gasteiger partial charge in [-0.05, 0) is 141 Å². The standard InChI is InChI=1S/C79H54N4/c1-51-45-58(37-43-71(51)83-74-28-16-13-25-65(74)69-47-67-63-23-11-14-26-72(63)82(77(67)50-79(69)83)62-41-35-55(36-42-62)53-19-7-3-8-20-53)56-29-31-57(32-30-56)59-38-44-75-66(46-59)70-48-68-64-24-12-15-27-73(64)81(61-39-33-54(34-40-61)52-17-5-2-6-18-52)76(68)49-78(70)80(75)60-21-9-4-10-22-60/h2-51,71H,1H3. The Labute approximate surface area is 480 Å². The van der Waals surface area contributed by atoms with Gasteiger partial charge in [0, 0.05) is 65.7 Å². The molecular weight excluding hydrogens is 1000 g/mol. The van der Waals surface area contributed by atoms with Gasteiger partial charge in [-0.2, -0.15) is 0 Å². The molecule has 0 saturated carbocycles. The van der Waals surface area contributed by atoms with Crippen molar-refractivity contribution in [2.75, 3.05) is 0 Å². The number of hydrogen-bond donors (Lipinski definition) is 0. The van der Waals surface area contributed by atoms with E-state index < -0.39 is 0 Å². The van der Waals surface area contributed by atoms with E-state index in [9.17, 15) is 0 Å². The third-order valence-corrected chi connectivity index (χ3v) is 17.8. The average Bonchev–Trinajstić information content (AvgIpc) is 2.16. The third-order valence-electron chi connectivity index (χ3n) is 17.8. The highest BCUT2D eigenvalue weighted by molar-refractivity contribution is 6.21. The van der Waals surface area contributed by atoms with E-state index in [4.69, 9.17) is 0 Å². The monoisotopic (exact) mass is 1060 g/mol. The normalized spacial score (nSPS) is 14.6. The van der Waals surface area contributed by atoms with Crippen molar-refractivity contribution in [3.8, 4) is 50.4 Å².